The Balaban J connectivity index is 1.31. The Morgan fingerprint density at radius 1 is 1.11 bits per heavy atom. The summed E-state index contributed by atoms with van der Waals surface area (Å²) in [4.78, 5) is 42.9. The molecular weight excluding hydrogens is 638 g/mol. The van der Waals surface area contributed by atoms with Crippen LogP contribution >= 0.6 is 15.9 Å². The van der Waals surface area contributed by atoms with Crippen LogP contribution in [0.25, 0.3) is 0 Å². The highest BCUT2D eigenvalue weighted by Crippen LogP contribution is 2.50. The number of ether oxygens (including phenoxy) is 3. The van der Waals surface area contributed by atoms with Crippen LogP contribution in [0, 0.1) is 0 Å². The number of aliphatic imine (C=N–C) groups is 1. The van der Waals surface area contributed by atoms with Crippen LogP contribution in [-0.4, -0.2) is 106 Å². The quantitative estimate of drug-likeness (QED) is 0.103. The van der Waals surface area contributed by atoms with Crippen LogP contribution in [0.5, 0.6) is 0 Å². The molecular formula is C19H29N10O13P2+. The van der Waals surface area contributed by atoms with Crippen LogP contribution in [0.15, 0.2) is 17.6 Å². The average Bonchev–Trinajstić information content (AvgIpc) is 3.68. The Kier molecular flexibility index (Phi) is 9.04. The average molecular weight is 667 g/mol. The zero-order valence-corrected chi connectivity index (χ0v) is 24.0. The smallest absolute Gasteiger partial charge is 0.387 e. The molecule has 2 fully saturated rings. The SMILES string of the molecule is NC(=O)c1ncn([C@@H]2O[C@H](COP(=O)(O)O[C@H]3[C@@H](O)[C@@H](OC[P+](=O)O)O[C@H]3n3cnc4c3NC(N)=NC4N)[C@H](O)[C@@H]2O)c1N. The summed E-state index contributed by atoms with van der Waals surface area (Å²) in [5.41, 5.74) is 22.6. The zero-order valence-electron chi connectivity index (χ0n) is 22.2. The fraction of sp³-hybridized carbons (Fsp3) is 0.579. The number of carbonyl (C=O) groups excluding carboxylic acids is 1. The number of hydrogen-bond donors (Lipinski definition) is 10. The summed E-state index contributed by atoms with van der Waals surface area (Å²) in [5, 5.41) is 34.5. The number of phosphoric acid groups is 1. The Morgan fingerprint density at radius 3 is 2.48 bits per heavy atom. The molecule has 23 nitrogen and oxygen atoms in total. The Bertz CT molecular complexity index is 1500. The van der Waals surface area contributed by atoms with E-state index in [1.807, 2.05) is 0 Å². The van der Waals surface area contributed by atoms with E-state index in [2.05, 4.69) is 20.3 Å². The molecule has 0 radical (unpaired) electrons. The van der Waals surface area contributed by atoms with Gasteiger partial charge in [0.15, 0.2) is 30.4 Å². The van der Waals surface area contributed by atoms with Crippen LogP contribution in [0.2, 0.25) is 0 Å². The van der Waals surface area contributed by atoms with Gasteiger partial charge in [-0.3, -0.25) is 23.0 Å². The van der Waals surface area contributed by atoms with Gasteiger partial charge in [-0.1, -0.05) is 0 Å². The fourth-order valence-electron chi connectivity index (χ4n) is 4.72. The maximum atomic E-state index is 13.1. The fourth-order valence-corrected chi connectivity index (χ4v) is 5.93. The Hall–Kier alpha value is -3.15. The number of imidazole rings is 2. The largest absolute Gasteiger partial charge is 0.534 e. The van der Waals surface area contributed by atoms with Crippen molar-refractivity contribution in [3.8, 4) is 0 Å². The second-order valence-corrected chi connectivity index (χ2v) is 12.0. The first kappa shape index (κ1) is 32.2. The van der Waals surface area contributed by atoms with Crippen LogP contribution in [0.1, 0.15) is 34.8 Å². The van der Waals surface area contributed by atoms with Crippen molar-refractivity contribution in [3.63, 3.8) is 0 Å². The lowest BCUT2D eigenvalue weighted by molar-refractivity contribution is -0.166. The number of carbonyl (C=O) groups is 1. The highest BCUT2D eigenvalue weighted by atomic mass is 31.2. The summed E-state index contributed by atoms with van der Waals surface area (Å²) < 4.78 is 53.1. The lowest BCUT2D eigenvalue weighted by Gasteiger charge is -2.26. The number of amides is 1. The van der Waals surface area contributed by atoms with E-state index < -0.39 is 90.1 Å². The molecule has 3 unspecified atom stereocenters. The predicted octanol–water partition coefficient (Wildman–Crippen LogP) is -3.80. The summed E-state index contributed by atoms with van der Waals surface area (Å²) in [7, 11) is -7.96. The van der Waals surface area contributed by atoms with Crippen molar-refractivity contribution in [3.05, 3.63) is 24.0 Å². The van der Waals surface area contributed by atoms with E-state index in [1.54, 1.807) is 0 Å². The van der Waals surface area contributed by atoms with E-state index in [4.69, 9.17) is 51.1 Å². The molecule has 0 aliphatic carbocycles. The van der Waals surface area contributed by atoms with Crippen molar-refractivity contribution in [2.24, 2.45) is 22.2 Å². The van der Waals surface area contributed by atoms with Gasteiger partial charge in [-0.05, 0) is 4.57 Å². The number of fused-ring (bicyclic) bond motifs is 1. The standard InChI is InChI=1S/C19H28N10O13P2/c20-12-6-15(27-19(23)26-12)29(3-24-6)17-11(10(32)18(41-17)38-4-43(34)35)42-44(36,37)39-1-5-8(30)9(31)16(40-5)28-2-25-7(13(28)21)14(22)33/h2-3,5,8-12,16-18,30-32H,1,4,20H2,(H8-,21,22,23,26,27,33,34,35,36,37)/p+1/t5-,8+,9+,10-,11+,12?,16-,17-,18+/m1/s1. The van der Waals surface area contributed by atoms with Gasteiger partial charge in [-0.25, -0.2) is 19.5 Å². The number of aromatic nitrogens is 4. The van der Waals surface area contributed by atoms with Gasteiger partial charge in [0.1, 0.15) is 54.0 Å². The lowest BCUT2D eigenvalue weighted by atomic mass is 10.1. The number of anilines is 2. The molecule has 1 amide bonds. The number of guanidine groups is 1. The maximum absolute atomic E-state index is 13.1. The van der Waals surface area contributed by atoms with E-state index in [9.17, 15) is 34.1 Å². The van der Waals surface area contributed by atoms with Gasteiger partial charge < -0.3 is 62.7 Å². The molecule has 242 valence electrons. The second-order valence-electron chi connectivity index (χ2n) is 9.63. The minimum atomic E-state index is -5.15. The van der Waals surface area contributed by atoms with Crippen LogP contribution < -0.4 is 28.3 Å². The van der Waals surface area contributed by atoms with Crippen LogP contribution in [0.3, 0.4) is 0 Å². The molecule has 5 heterocycles. The topological polar surface area (TPSA) is 363 Å². The first-order valence-corrected chi connectivity index (χ1v) is 15.4. The third-order valence-corrected chi connectivity index (χ3v) is 8.11. The van der Waals surface area contributed by atoms with E-state index >= 15 is 0 Å². The zero-order chi connectivity index (χ0) is 32.1. The molecule has 11 atom stereocenters. The molecule has 44 heavy (non-hydrogen) atoms. The maximum Gasteiger partial charge on any atom is 0.534 e. The van der Waals surface area contributed by atoms with E-state index in [-0.39, 0.29) is 29.0 Å². The minimum Gasteiger partial charge on any atom is -0.387 e. The molecule has 3 aliphatic rings. The monoisotopic (exact) mass is 667 g/mol. The molecule has 14 N–H and O–H groups in total. The second kappa shape index (κ2) is 12.3. The summed E-state index contributed by atoms with van der Waals surface area (Å²) in [6, 6.07) is 0. The van der Waals surface area contributed by atoms with Crippen LogP contribution in [0.4, 0.5) is 11.6 Å². The first-order chi connectivity index (χ1) is 20.7. The number of rotatable bonds is 11. The number of nitrogens with two attached hydrogens (primary N) is 4. The number of aliphatic hydroxyl groups excluding tert-OH is 3. The van der Waals surface area contributed by atoms with Gasteiger partial charge >= 0.3 is 15.9 Å². The normalized spacial score (nSPS) is 33.4. The summed E-state index contributed by atoms with van der Waals surface area (Å²) in [6.45, 7) is -0.830. The van der Waals surface area contributed by atoms with Gasteiger partial charge in [0.25, 0.3) is 12.3 Å². The number of nitrogens with one attached hydrogen (secondary N) is 1. The van der Waals surface area contributed by atoms with Crippen molar-refractivity contribution in [2.45, 2.75) is 55.4 Å². The summed E-state index contributed by atoms with van der Waals surface area (Å²) >= 11 is 0. The Morgan fingerprint density at radius 2 is 1.82 bits per heavy atom. The number of nitrogens with zero attached hydrogens (tertiary/aromatic N) is 5. The Labute approximate surface area is 246 Å². The van der Waals surface area contributed by atoms with Crippen molar-refractivity contribution < 1.29 is 62.3 Å². The van der Waals surface area contributed by atoms with Crippen molar-refractivity contribution in [2.75, 3.05) is 24.0 Å². The number of nitrogen functional groups attached to an aromatic ring is 1. The van der Waals surface area contributed by atoms with Crippen molar-refractivity contribution in [1.29, 1.82) is 0 Å². The van der Waals surface area contributed by atoms with Gasteiger partial charge in [0.2, 0.25) is 0 Å². The molecule has 3 aliphatic heterocycles. The highest BCUT2D eigenvalue weighted by Gasteiger charge is 2.52. The molecule has 5 rings (SSSR count). The van der Waals surface area contributed by atoms with E-state index in [0.29, 0.717) is 0 Å². The minimum absolute atomic E-state index is 0.0945. The van der Waals surface area contributed by atoms with Crippen molar-refractivity contribution >= 4 is 39.4 Å². The molecule has 0 saturated carbocycles. The lowest BCUT2D eigenvalue weighted by Crippen LogP contribution is -2.36. The number of aliphatic hydroxyl groups is 3. The van der Waals surface area contributed by atoms with Crippen molar-refractivity contribution in [1.82, 2.24) is 19.1 Å². The molecule has 2 aromatic rings. The summed E-state index contributed by atoms with van der Waals surface area (Å²) in [5.74, 6) is -1.17. The van der Waals surface area contributed by atoms with E-state index in [0.717, 1.165) is 10.9 Å². The highest BCUT2D eigenvalue weighted by molar-refractivity contribution is 7.47. The van der Waals surface area contributed by atoms with Gasteiger partial charge in [-0.2, -0.15) is 4.89 Å². The molecule has 25 heteroatoms. The molecule has 0 aromatic carbocycles. The molecule has 0 spiro atoms. The van der Waals surface area contributed by atoms with E-state index in [1.165, 1.54) is 10.9 Å². The third-order valence-electron chi connectivity index (χ3n) is 6.75. The first-order valence-electron chi connectivity index (χ1n) is 12.5. The van der Waals surface area contributed by atoms with Gasteiger partial charge in [0.05, 0.1) is 19.3 Å². The number of phosphoric ester groups is 1. The van der Waals surface area contributed by atoms with Gasteiger partial charge in [0, 0.05) is 0 Å². The molecule has 2 saturated heterocycles. The third kappa shape index (κ3) is 6.19. The van der Waals surface area contributed by atoms with Gasteiger partial charge in [-0.15, -0.1) is 0 Å². The molecule has 0 bridgehead atoms. The predicted molar refractivity (Wildman–Crippen MR) is 142 cm³/mol. The number of hydrogen-bond acceptors (Lipinski definition) is 18. The van der Waals surface area contributed by atoms with Crippen LogP contribution in [-0.2, 0) is 32.4 Å². The summed E-state index contributed by atoms with van der Waals surface area (Å²) in [6.07, 6.45) is -12.3. The number of primary amides is 1. The molecule has 2 aromatic heterocycles.